The third kappa shape index (κ3) is 3.82. The summed E-state index contributed by atoms with van der Waals surface area (Å²) in [5, 5.41) is 7.72. The average Bonchev–Trinajstić information content (AvgIpc) is 3.58. The van der Waals surface area contributed by atoms with Crippen molar-refractivity contribution in [2.75, 3.05) is 0 Å². The molecule has 12 rings (SSSR count). The first-order valence-electron chi connectivity index (χ1n) is 19.5. The average molecular weight is 700 g/mol. The maximum absolute atomic E-state index is 2.55. The van der Waals surface area contributed by atoms with Gasteiger partial charge in [0.1, 0.15) is 0 Å². The zero-order valence-corrected chi connectivity index (χ0v) is 30.8. The number of hydrogen-bond donors (Lipinski definition) is 0. The lowest BCUT2D eigenvalue weighted by atomic mass is 9.53. The van der Waals surface area contributed by atoms with Crippen LogP contribution in [0.25, 0.3) is 71.3 Å². The third-order valence-corrected chi connectivity index (χ3v) is 13.0. The van der Waals surface area contributed by atoms with Gasteiger partial charge in [0, 0.05) is 16.2 Å². The van der Waals surface area contributed by atoms with E-state index in [9.17, 15) is 0 Å². The van der Waals surface area contributed by atoms with Crippen LogP contribution in [0.2, 0.25) is 0 Å². The predicted octanol–water partition coefficient (Wildman–Crippen LogP) is 13.8. The molecule has 1 unspecified atom stereocenters. The molecule has 1 nitrogen and oxygen atoms in total. The molecule has 2 aliphatic rings. The van der Waals surface area contributed by atoms with Gasteiger partial charge in [-0.05, 0) is 95.4 Å². The summed E-state index contributed by atoms with van der Waals surface area (Å²) in [7, 11) is 0. The summed E-state index contributed by atoms with van der Waals surface area (Å²) in [4.78, 5) is 0. The summed E-state index contributed by atoms with van der Waals surface area (Å²) < 4.78 is 2.53. The number of aromatic nitrogens is 1. The number of rotatable bonds is 2. The van der Waals surface area contributed by atoms with Crippen LogP contribution in [0.5, 0.6) is 0 Å². The number of benzene rings is 9. The van der Waals surface area contributed by atoms with Gasteiger partial charge in [-0.15, -0.1) is 0 Å². The molecule has 1 heteroatoms. The Morgan fingerprint density at radius 3 is 1.56 bits per heavy atom. The Morgan fingerprint density at radius 2 is 0.855 bits per heavy atom. The van der Waals surface area contributed by atoms with Gasteiger partial charge < -0.3 is 4.57 Å². The molecule has 1 spiro atoms. The summed E-state index contributed by atoms with van der Waals surface area (Å²) in [6.07, 6.45) is 0. The van der Waals surface area contributed by atoms with Crippen molar-refractivity contribution in [1.29, 1.82) is 0 Å². The number of fused-ring (bicyclic) bond motifs is 13. The Hall–Kier alpha value is -6.70. The molecule has 0 fully saturated rings. The van der Waals surface area contributed by atoms with Crippen molar-refractivity contribution in [3.8, 4) is 27.9 Å². The van der Waals surface area contributed by atoms with Crippen LogP contribution in [0.15, 0.2) is 188 Å². The number of nitrogens with zero attached hydrogens (tertiary/aromatic N) is 1. The van der Waals surface area contributed by atoms with Crippen LogP contribution in [0, 0.1) is 0 Å². The highest BCUT2D eigenvalue weighted by molar-refractivity contribution is 6.21. The first-order chi connectivity index (χ1) is 27.1. The van der Waals surface area contributed by atoms with Crippen LogP contribution in [0.3, 0.4) is 0 Å². The Bertz CT molecular complexity index is 3180. The third-order valence-electron chi connectivity index (χ3n) is 13.0. The van der Waals surface area contributed by atoms with Gasteiger partial charge in [-0.2, -0.15) is 0 Å². The van der Waals surface area contributed by atoms with Gasteiger partial charge in [-0.3, -0.25) is 0 Å². The van der Waals surface area contributed by atoms with Crippen molar-refractivity contribution >= 4 is 43.4 Å². The van der Waals surface area contributed by atoms with E-state index < -0.39 is 5.41 Å². The van der Waals surface area contributed by atoms with Gasteiger partial charge in [-0.25, -0.2) is 0 Å². The zero-order chi connectivity index (χ0) is 36.5. The predicted molar refractivity (Wildman–Crippen MR) is 231 cm³/mol. The van der Waals surface area contributed by atoms with Crippen LogP contribution in [0.4, 0.5) is 0 Å². The van der Waals surface area contributed by atoms with Gasteiger partial charge in [0.05, 0.1) is 22.1 Å². The smallest absolute Gasteiger partial charge is 0.0748 e. The fraction of sp³-hybridized carbons (Fsp3) is 0.0741. The van der Waals surface area contributed by atoms with E-state index in [4.69, 9.17) is 0 Å². The van der Waals surface area contributed by atoms with E-state index >= 15 is 0 Å². The molecule has 258 valence electrons. The lowest BCUT2D eigenvalue weighted by Gasteiger charge is -2.50. The highest BCUT2D eigenvalue weighted by atomic mass is 15.0. The van der Waals surface area contributed by atoms with Crippen molar-refractivity contribution in [1.82, 2.24) is 4.57 Å². The van der Waals surface area contributed by atoms with E-state index in [0.29, 0.717) is 0 Å². The molecule has 1 aliphatic heterocycles. The SMILES string of the molecule is CC1(C)c2ccccc2C2(c3ccccc3-n3c4ccccc4c4cccc2c43)c2ccc(-c3c4ccccc4c(-c4ccccc4)c4ccccc34)cc21. The normalized spacial score (nSPS) is 16.4. The van der Waals surface area contributed by atoms with Crippen LogP contribution in [-0.2, 0) is 10.8 Å². The summed E-state index contributed by atoms with van der Waals surface area (Å²) in [5.41, 5.74) is 16.3. The molecular weight excluding hydrogens is 663 g/mol. The zero-order valence-electron chi connectivity index (χ0n) is 30.8. The fourth-order valence-corrected chi connectivity index (χ4v) is 10.8. The van der Waals surface area contributed by atoms with Crippen molar-refractivity contribution < 1.29 is 0 Å². The highest BCUT2D eigenvalue weighted by Gasteiger charge is 2.52. The van der Waals surface area contributed by atoms with E-state index in [1.165, 1.54) is 105 Å². The Morgan fingerprint density at radius 1 is 0.345 bits per heavy atom. The van der Waals surface area contributed by atoms with Crippen LogP contribution in [0.1, 0.15) is 47.2 Å². The molecular formula is C54H37N. The van der Waals surface area contributed by atoms with Gasteiger partial charge in [-0.1, -0.05) is 184 Å². The molecule has 55 heavy (non-hydrogen) atoms. The molecule has 2 heterocycles. The summed E-state index contributed by atoms with van der Waals surface area (Å²) in [5.74, 6) is 0. The molecule has 0 radical (unpaired) electrons. The molecule has 10 aromatic rings. The van der Waals surface area contributed by atoms with Crippen LogP contribution in [-0.4, -0.2) is 4.57 Å². The molecule has 1 atom stereocenters. The minimum atomic E-state index is -0.512. The lowest BCUT2D eigenvalue weighted by molar-refractivity contribution is 0.556. The number of hydrogen-bond acceptors (Lipinski definition) is 0. The first kappa shape index (κ1) is 30.7. The second-order valence-electron chi connectivity index (χ2n) is 16.0. The molecule has 0 saturated heterocycles. The van der Waals surface area contributed by atoms with Crippen LogP contribution < -0.4 is 0 Å². The molecule has 0 amide bonds. The maximum atomic E-state index is 2.55. The van der Waals surface area contributed by atoms with Gasteiger partial charge in [0.2, 0.25) is 0 Å². The summed E-state index contributed by atoms with van der Waals surface area (Å²) in [6, 6.07) is 70.7. The Labute approximate surface area is 320 Å². The lowest BCUT2D eigenvalue weighted by Crippen LogP contribution is -2.44. The van der Waals surface area contributed by atoms with Crippen molar-refractivity contribution in [3.63, 3.8) is 0 Å². The fourth-order valence-electron chi connectivity index (χ4n) is 10.8. The quantitative estimate of drug-likeness (QED) is 0.158. The molecule has 1 aliphatic carbocycles. The van der Waals surface area contributed by atoms with E-state index in [1.54, 1.807) is 0 Å². The highest BCUT2D eigenvalue weighted by Crippen LogP contribution is 2.61. The van der Waals surface area contributed by atoms with E-state index in [1.807, 2.05) is 0 Å². The number of para-hydroxylation sites is 3. The van der Waals surface area contributed by atoms with E-state index in [-0.39, 0.29) is 5.41 Å². The summed E-state index contributed by atoms with van der Waals surface area (Å²) >= 11 is 0. The molecule has 9 aromatic carbocycles. The standard InChI is InChI=1S/C54H37N/c1-53(2)42-25-11-12-26-43(42)54(45-27-13-15-30-49(45)55-48-29-14-10-19-36(48)41-24-16-28-46(54)52(41)55)44-32-31-35(33-47(44)53)51-39-22-8-6-20-37(39)50(34-17-4-3-5-18-34)38-21-7-9-23-40(38)51/h3-33H,1-2H3. The largest absolute Gasteiger partial charge is 0.309 e. The van der Waals surface area contributed by atoms with Crippen LogP contribution >= 0.6 is 0 Å². The topological polar surface area (TPSA) is 4.93 Å². The molecule has 0 saturated carbocycles. The maximum Gasteiger partial charge on any atom is 0.0748 e. The molecule has 0 bridgehead atoms. The van der Waals surface area contributed by atoms with Crippen molar-refractivity contribution in [3.05, 3.63) is 221 Å². The second kappa shape index (κ2) is 10.9. The Balaban J connectivity index is 1.22. The van der Waals surface area contributed by atoms with Crippen molar-refractivity contribution in [2.24, 2.45) is 0 Å². The molecule has 1 aromatic heterocycles. The van der Waals surface area contributed by atoms with Gasteiger partial charge in [0.15, 0.2) is 0 Å². The monoisotopic (exact) mass is 699 g/mol. The summed E-state index contributed by atoms with van der Waals surface area (Å²) in [6.45, 7) is 4.87. The minimum absolute atomic E-state index is 0.254. The minimum Gasteiger partial charge on any atom is -0.309 e. The van der Waals surface area contributed by atoms with Gasteiger partial charge in [0.25, 0.3) is 0 Å². The Kier molecular flexibility index (Phi) is 6.11. The van der Waals surface area contributed by atoms with Crippen molar-refractivity contribution in [2.45, 2.75) is 24.7 Å². The second-order valence-corrected chi connectivity index (χ2v) is 16.0. The van der Waals surface area contributed by atoms with E-state index in [0.717, 1.165) is 0 Å². The first-order valence-corrected chi connectivity index (χ1v) is 19.5. The van der Waals surface area contributed by atoms with Gasteiger partial charge >= 0.3 is 0 Å². The van der Waals surface area contributed by atoms with E-state index in [2.05, 4.69) is 206 Å². The molecule has 0 N–H and O–H groups in total.